The summed E-state index contributed by atoms with van der Waals surface area (Å²) in [6.07, 6.45) is 0.529. The first-order valence-electron chi connectivity index (χ1n) is 6.18. The third kappa shape index (κ3) is 3.13. The van der Waals surface area contributed by atoms with Gasteiger partial charge in [-0.25, -0.2) is 4.98 Å². The Morgan fingerprint density at radius 3 is 2.47 bits per heavy atom. The van der Waals surface area contributed by atoms with Crippen molar-refractivity contribution >= 4 is 11.5 Å². The quantitative estimate of drug-likeness (QED) is 0.671. The lowest BCUT2D eigenvalue weighted by molar-refractivity contribution is 0.101. The van der Waals surface area contributed by atoms with Crippen molar-refractivity contribution in [2.75, 3.05) is 0 Å². The number of nitrogens with zero attached hydrogens (tertiary/aromatic N) is 1. The van der Waals surface area contributed by atoms with Crippen LogP contribution >= 0.6 is 0 Å². The van der Waals surface area contributed by atoms with Crippen molar-refractivity contribution in [3.8, 4) is 0 Å². The Bertz CT molecular complexity index is 632. The van der Waals surface area contributed by atoms with Crippen LogP contribution in [0.15, 0.2) is 42.5 Å². The molecule has 0 amide bonds. The average Bonchev–Trinajstić information content (AvgIpc) is 2.41. The zero-order valence-corrected chi connectivity index (χ0v) is 11.1. The van der Waals surface area contributed by atoms with Crippen LogP contribution in [-0.2, 0) is 6.42 Å². The molecule has 0 saturated carbocycles. The zero-order chi connectivity index (χ0) is 13.8. The lowest BCUT2D eigenvalue weighted by Crippen LogP contribution is -2.09. The number of hydrogen-bond donors (Lipinski definition) is 1. The molecule has 1 aromatic carbocycles. The molecule has 0 aliphatic carbocycles. The van der Waals surface area contributed by atoms with Gasteiger partial charge in [0.2, 0.25) is 0 Å². The first kappa shape index (κ1) is 13.1. The molecule has 96 valence electrons. The molecule has 0 radical (unpaired) electrons. The zero-order valence-electron chi connectivity index (χ0n) is 11.1. The van der Waals surface area contributed by atoms with Gasteiger partial charge in [0.15, 0.2) is 5.78 Å². The molecule has 2 aromatic rings. The second-order valence-corrected chi connectivity index (χ2v) is 4.55. The van der Waals surface area contributed by atoms with Crippen LogP contribution in [0.4, 0.5) is 0 Å². The first-order valence-corrected chi connectivity index (χ1v) is 6.18. The van der Waals surface area contributed by atoms with E-state index in [4.69, 9.17) is 5.41 Å². The molecule has 0 fully saturated rings. The molecular weight excluding hydrogens is 236 g/mol. The van der Waals surface area contributed by atoms with E-state index < -0.39 is 0 Å². The Morgan fingerprint density at radius 1 is 1.11 bits per heavy atom. The summed E-state index contributed by atoms with van der Waals surface area (Å²) in [5, 5.41) is 8.13. The van der Waals surface area contributed by atoms with Crippen molar-refractivity contribution in [1.82, 2.24) is 4.98 Å². The molecule has 3 nitrogen and oxygen atoms in total. The first-order chi connectivity index (χ1) is 9.08. The minimum Gasteiger partial charge on any atom is -0.303 e. The van der Waals surface area contributed by atoms with Crippen molar-refractivity contribution in [2.24, 2.45) is 0 Å². The van der Waals surface area contributed by atoms with E-state index in [1.165, 1.54) is 6.92 Å². The van der Waals surface area contributed by atoms with Crippen LogP contribution in [0.25, 0.3) is 0 Å². The van der Waals surface area contributed by atoms with Gasteiger partial charge in [-0.3, -0.25) is 4.79 Å². The Hall–Kier alpha value is -2.29. The van der Waals surface area contributed by atoms with Gasteiger partial charge in [0, 0.05) is 13.3 Å². The van der Waals surface area contributed by atoms with Crippen molar-refractivity contribution in [3.63, 3.8) is 0 Å². The summed E-state index contributed by atoms with van der Waals surface area (Å²) in [5.74, 6) is -0.0782. The van der Waals surface area contributed by atoms with Gasteiger partial charge >= 0.3 is 0 Å². The number of ketones is 1. The number of aromatic nitrogens is 1. The number of hydrogen-bond acceptors (Lipinski definition) is 3. The van der Waals surface area contributed by atoms with E-state index in [1.54, 1.807) is 18.2 Å². The Balaban J connectivity index is 2.23. The topological polar surface area (TPSA) is 53.8 Å². The van der Waals surface area contributed by atoms with Crippen LogP contribution in [0.5, 0.6) is 0 Å². The number of nitrogens with one attached hydrogen (secondary N) is 1. The summed E-state index contributed by atoms with van der Waals surface area (Å²) in [5.41, 5.74) is 3.68. The van der Waals surface area contributed by atoms with Crippen LogP contribution in [0.3, 0.4) is 0 Å². The predicted octanol–water partition coefficient (Wildman–Crippen LogP) is 3.20. The minimum absolute atomic E-state index is 0.0782. The SMILES string of the molecule is CC(=O)c1cccc(C(=N)Cc2ccccc2C)n1. The summed E-state index contributed by atoms with van der Waals surface area (Å²) in [6, 6.07) is 13.2. The van der Waals surface area contributed by atoms with E-state index in [1.807, 2.05) is 31.2 Å². The van der Waals surface area contributed by atoms with E-state index in [0.29, 0.717) is 23.5 Å². The number of benzene rings is 1. The predicted molar refractivity (Wildman–Crippen MR) is 76.0 cm³/mol. The van der Waals surface area contributed by atoms with E-state index in [0.717, 1.165) is 11.1 Å². The van der Waals surface area contributed by atoms with Gasteiger partial charge in [0.1, 0.15) is 5.69 Å². The third-order valence-electron chi connectivity index (χ3n) is 3.05. The molecule has 19 heavy (non-hydrogen) atoms. The van der Waals surface area contributed by atoms with E-state index >= 15 is 0 Å². The normalized spacial score (nSPS) is 10.2. The smallest absolute Gasteiger partial charge is 0.178 e. The highest BCUT2D eigenvalue weighted by atomic mass is 16.1. The number of rotatable bonds is 4. The standard InChI is InChI=1S/C16H16N2O/c1-11-6-3-4-7-13(11)10-14(17)16-9-5-8-15(18-16)12(2)19/h3-9,17H,10H2,1-2H3. The van der Waals surface area contributed by atoms with Crippen molar-refractivity contribution < 1.29 is 4.79 Å². The molecule has 1 N–H and O–H groups in total. The lowest BCUT2D eigenvalue weighted by Gasteiger charge is -2.07. The van der Waals surface area contributed by atoms with Gasteiger partial charge in [0.05, 0.1) is 11.4 Å². The van der Waals surface area contributed by atoms with Crippen molar-refractivity contribution in [3.05, 3.63) is 65.0 Å². The molecule has 0 aliphatic heterocycles. The second kappa shape index (κ2) is 5.57. The number of carbonyl (C=O) groups is 1. The number of carbonyl (C=O) groups excluding carboxylic acids is 1. The van der Waals surface area contributed by atoms with Gasteiger partial charge in [-0.15, -0.1) is 0 Å². The molecule has 0 saturated heterocycles. The Morgan fingerprint density at radius 2 is 1.79 bits per heavy atom. The second-order valence-electron chi connectivity index (χ2n) is 4.55. The van der Waals surface area contributed by atoms with E-state index in [2.05, 4.69) is 4.98 Å². The van der Waals surface area contributed by atoms with Crippen molar-refractivity contribution in [1.29, 1.82) is 5.41 Å². The molecule has 0 unspecified atom stereocenters. The maximum absolute atomic E-state index is 11.3. The van der Waals surface area contributed by atoms with Gasteiger partial charge in [0.25, 0.3) is 0 Å². The molecule has 0 bridgehead atoms. The summed E-state index contributed by atoms with van der Waals surface area (Å²) in [7, 11) is 0. The Labute approximate surface area is 112 Å². The van der Waals surface area contributed by atoms with Gasteiger partial charge in [-0.05, 0) is 30.2 Å². The number of pyridine rings is 1. The fourth-order valence-electron chi connectivity index (χ4n) is 1.89. The van der Waals surface area contributed by atoms with E-state index in [-0.39, 0.29) is 5.78 Å². The van der Waals surface area contributed by atoms with Crippen LogP contribution in [0.1, 0.15) is 34.2 Å². The monoisotopic (exact) mass is 252 g/mol. The third-order valence-corrected chi connectivity index (χ3v) is 3.05. The summed E-state index contributed by atoms with van der Waals surface area (Å²) in [4.78, 5) is 15.5. The average molecular weight is 252 g/mol. The van der Waals surface area contributed by atoms with Gasteiger partial charge in [-0.1, -0.05) is 30.3 Å². The van der Waals surface area contributed by atoms with E-state index in [9.17, 15) is 4.79 Å². The molecule has 2 rings (SSSR count). The molecule has 1 aromatic heterocycles. The molecule has 0 spiro atoms. The van der Waals surface area contributed by atoms with Crippen LogP contribution in [-0.4, -0.2) is 16.5 Å². The van der Waals surface area contributed by atoms with Crippen LogP contribution in [0.2, 0.25) is 0 Å². The maximum Gasteiger partial charge on any atom is 0.178 e. The fourth-order valence-corrected chi connectivity index (χ4v) is 1.89. The highest BCUT2D eigenvalue weighted by Gasteiger charge is 2.08. The van der Waals surface area contributed by atoms with Gasteiger partial charge in [-0.2, -0.15) is 0 Å². The highest BCUT2D eigenvalue weighted by Crippen LogP contribution is 2.11. The summed E-state index contributed by atoms with van der Waals surface area (Å²) in [6.45, 7) is 3.51. The molecule has 3 heteroatoms. The molecule has 0 aliphatic rings. The minimum atomic E-state index is -0.0782. The van der Waals surface area contributed by atoms with Gasteiger partial charge < -0.3 is 5.41 Å². The number of Topliss-reactive ketones (excluding diaryl/α,β-unsaturated/α-hetero) is 1. The molecular formula is C16H16N2O. The molecule has 0 atom stereocenters. The largest absolute Gasteiger partial charge is 0.303 e. The molecule has 1 heterocycles. The lowest BCUT2D eigenvalue weighted by atomic mass is 10.0. The number of aryl methyl sites for hydroxylation is 1. The summed E-state index contributed by atoms with van der Waals surface area (Å²) < 4.78 is 0. The van der Waals surface area contributed by atoms with Crippen LogP contribution in [0, 0.1) is 12.3 Å². The maximum atomic E-state index is 11.3. The summed E-state index contributed by atoms with van der Waals surface area (Å²) >= 11 is 0. The van der Waals surface area contributed by atoms with Crippen LogP contribution < -0.4 is 0 Å². The highest BCUT2D eigenvalue weighted by molar-refractivity contribution is 5.99. The fraction of sp³-hybridized carbons (Fsp3) is 0.188. The van der Waals surface area contributed by atoms with Crippen molar-refractivity contribution in [2.45, 2.75) is 20.3 Å². The Kier molecular flexibility index (Phi) is 3.85.